The molecule has 1 aromatic carbocycles. The number of halogens is 4. The average molecular weight is 334 g/mol. The van der Waals surface area contributed by atoms with Crippen molar-refractivity contribution in [3.63, 3.8) is 0 Å². The number of hydrogen-bond donors (Lipinski definition) is 0. The number of fused-ring (bicyclic) bond motifs is 1. The van der Waals surface area contributed by atoms with E-state index in [4.69, 9.17) is 0 Å². The highest BCUT2D eigenvalue weighted by molar-refractivity contribution is 9.10. The Morgan fingerprint density at radius 3 is 2.68 bits per heavy atom. The highest BCUT2D eigenvalue weighted by Crippen LogP contribution is 2.27. The van der Waals surface area contributed by atoms with Crippen molar-refractivity contribution < 1.29 is 13.2 Å². The van der Waals surface area contributed by atoms with Crippen molar-refractivity contribution in [1.82, 2.24) is 9.97 Å². The summed E-state index contributed by atoms with van der Waals surface area (Å²) in [5, 5.41) is 0.724. The first-order valence-corrected chi connectivity index (χ1v) is 6.34. The lowest BCUT2D eigenvalue weighted by Gasteiger charge is -2.20. The van der Waals surface area contributed by atoms with Gasteiger partial charge < -0.3 is 4.90 Å². The fraction of sp³-hybridized carbons (Fsp3) is 0.333. The van der Waals surface area contributed by atoms with Gasteiger partial charge in [0.25, 0.3) is 0 Å². The van der Waals surface area contributed by atoms with E-state index < -0.39 is 12.6 Å². The summed E-state index contributed by atoms with van der Waals surface area (Å²) in [5.74, 6) is 0.496. The fourth-order valence-corrected chi connectivity index (χ4v) is 2.08. The number of aromatic nitrogens is 2. The van der Waals surface area contributed by atoms with Gasteiger partial charge in [0, 0.05) is 23.5 Å². The predicted molar refractivity (Wildman–Crippen MR) is 71.2 cm³/mol. The van der Waals surface area contributed by atoms with Crippen LogP contribution in [0.5, 0.6) is 0 Å². The SMILES string of the molecule is CN(CCC(F)(F)F)c1ncnc2ccc(Br)cc12. The minimum atomic E-state index is -4.17. The van der Waals surface area contributed by atoms with Crippen LogP contribution in [0.25, 0.3) is 10.9 Å². The molecule has 2 aromatic rings. The number of hydrogen-bond acceptors (Lipinski definition) is 3. The van der Waals surface area contributed by atoms with Crippen molar-refractivity contribution >= 4 is 32.7 Å². The van der Waals surface area contributed by atoms with Gasteiger partial charge >= 0.3 is 6.18 Å². The molecule has 0 unspecified atom stereocenters. The topological polar surface area (TPSA) is 29.0 Å². The van der Waals surface area contributed by atoms with Gasteiger partial charge in [0.15, 0.2) is 0 Å². The van der Waals surface area contributed by atoms with Crippen molar-refractivity contribution in [2.75, 3.05) is 18.5 Å². The lowest BCUT2D eigenvalue weighted by molar-refractivity contribution is -0.132. The standard InChI is InChI=1S/C12H11BrF3N3/c1-19(5-4-12(14,15)16)11-9-6-8(13)2-3-10(9)17-7-18-11/h2-3,6-7H,4-5H2,1H3. The quantitative estimate of drug-likeness (QED) is 0.855. The molecular weight excluding hydrogens is 323 g/mol. The van der Waals surface area contributed by atoms with Crippen LogP contribution < -0.4 is 4.90 Å². The molecule has 19 heavy (non-hydrogen) atoms. The summed E-state index contributed by atoms with van der Waals surface area (Å²) in [7, 11) is 1.59. The van der Waals surface area contributed by atoms with E-state index in [1.165, 1.54) is 11.2 Å². The fourth-order valence-electron chi connectivity index (χ4n) is 1.72. The van der Waals surface area contributed by atoms with Crippen LogP contribution in [-0.4, -0.2) is 29.7 Å². The second-order valence-corrected chi connectivity index (χ2v) is 5.06. The summed E-state index contributed by atoms with van der Waals surface area (Å²) in [5.41, 5.74) is 0.701. The molecule has 102 valence electrons. The first-order chi connectivity index (χ1) is 8.87. The maximum absolute atomic E-state index is 12.2. The van der Waals surface area contributed by atoms with E-state index in [-0.39, 0.29) is 6.54 Å². The molecule has 0 radical (unpaired) electrons. The molecule has 0 atom stereocenters. The predicted octanol–water partition coefficient (Wildman–Crippen LogP) is 3.78. The maximum Gasteiger partial charge on any atom is 0.390 e. The minimum absolute atomic E-state index is 0.137. The molecule has 0 aliphatic rings. The van der Waals surface area contributed by atoms with Crippen LogP contribution in [-0.2, 0) is 0 Å². The summed E-state index contributed by atoms with van der Waals surface area (Å²) < 4.78 is 37.6. The van der Waals surface area contributed by atoms with Gasteiger partial charge in [-0.25, -0.2) is 9.97 Å². The summed E-state index contributed by atoms with van der Waals surface area (Å²) >= 11 is 3.33. The van der Waals surface area contributed by atoms with Gasteiger partial charge in [-0.2, -0.15) is 13.2 Å². The Balaban J connectivity index is 2.31. The minimum Gasteiger partial charge on any atom is -0.359 e. The van der Waals surface area contributed by atoms with Gasteiger partial charge in [0.05, 0.1) is 11.9 Å². The van der Waals surface area contributed by atoms with E-state index in [9.17, 15) is 13.2 Å². The highest BCUT2D eigenvalue weighted by atomic mass is 79.9. The van der Waals surface area contributed by atoms with E-state index in [1.807, 2.05) is 6.07 Å². The van der Waals surface area contributed by atoms with Crippen LogP contribution in [0.1, 0.15) is 6.42 Å². The van der Waals surface area contributed by atoms with Crippen molar-refractivity contribution in [2.24, 2.45) is 0 Å². The van der Waals surface area contributed by atoms with E-state index in [2.05, 4.69) is 25.9 Å². The van der Waals surface area contributed by atoms with Crippen molar-refractivity contribution in [2.45, 2.75) is 12.6 Å². The number of anilines is 1. The molecule has 0 aliphatic heterocycles. The van der Waals surface area contributed by atoms with Gasteiger partial charge in [-0.15, -0.1) is 0 Å². The van der Waals surface area contributed by atoms with Crippen LogP contribution >= 0.6 is 15.9 Å². The van der Waals surface area contributed by atoms with Crippen LogP contribution in [0, 0.1) is 0 Å². The third-order valence-electron chi connectivity index (χ3n) is 2.67. The molecule has 0 spiro atoms. The first-order valence-electron chi connectivity index (χ1n) is 5.55. The summed E-state index contributed by atoms with van der Waals surface area (Å²) in [6.07, 6.45) is -3.68. The Hall–Kier alpha value is -1.37. The molecule has 0 saturated heterocycles. The molecule has 2 rings (SSSR count). The second-order valence-electron chi connectivity index (χ2n) is 4.15. The monoisotopic (exact) mass is 333 g/mol. The molecule has 0 amide bonds. The lowest BCUT2D eigenvalue weighted by atomic mass is 10.2. The van der Waals surface area contributed by atoms with Gasteiger partial charge in [0.1, 0.15) is 12.1 Å². The molecule has 0 saturated carbocycles. The van der Waals surface area contributed by atoms with Crippen molar-refractivity contribution in [1.29, 1.82) is 0 Å². The Morgan fingerprint density at radius 2 is 2.00 bits per heavy atom. The van der Waals surface area contributed by atoms with Gasteiger partial charge in [-0.3, -0.25) is 0 Å². The molecule has 0 bridgehead atoms. The number of rotatable bonds is 3. The summed E-state index contributed by atoms with van der Waals surface area (Å²) in [6.45, 7) is -0.137. The van der Waals surface area contributed by atoms with Gasteiger partial charge in [0.2, 0.25) is 0 Å². The van der Waals surface area contributed by atoms with E-state index >= 15 is 0 Å². The zero-order valence-corrected chi connectivity index (χ0v) is 11.7. The average Bonchev–Trinajstić information content (AvgIpc) is 2.34. The van der Waals surface area contributed by atoms with Crippen LogP contribution in [0.3, 0.4) is 0 Å². The van der Waals surface area contributed by atoms with Crippen LogP contribution in [0.4, 0.5) is 19.0 Å². The molecule has 1 aromatic heterocycles. The Bertz CT molecular complexity index is 586. The Morgan fingerprint density at radius 1 is 1.26 bits per heavy atom. The number of nitrogens with zero attached hydrogens (tertiary/aromatic N) is 3. The van der Waals surface area contributed by atoms with Crippen LogP contribution in [0.15, 0.2) is 29.0 Å². The molecular formula is C12H11BrF3N3. The number of benzene rings is 1. The third-order valence-corrected chi connectivity index (χ3v) is 3.16. The molecule has 7 heteroatoms. The summed E-state index contributed by atoms with van der Waals surface area (Å²) in [6, 6.07) is 5.42. The summed E-state index contributed by atoms with van der Waals surface area (Å²) in [4.78, 5) is 9.66. The van der Waals surface area contributed by atoms with E-state index in [1.54, 1.807) is 19.2 Å². The smallest absolute Gasteiger partial charge is 0.359 e. The molecule has 0 aliphatic carbocycles. The highest BCUT2D eigenvalue weighted by Gasteiger charge is 2.27. The third kappa shape index (κ3) is 3.56. The lowest BCUT2D eigenvalue weighted by Crippen LogP contribution is -2.25. The molecule has 3 nitrogen and oxygen atoms in total. The van der Waals surface area contributed by atoms with E-state index in [0.29, 0.717) is 11.3 Å². The normalized spacial score (nSPS) is 11.8. The van der Waals surface area contributed by atoms with Crippen molar-refractivity contribution in [3.05, 3.63) is 29.0 Å². The van der Waals surface area contributed by atoms with Gasteiger partial charge in [-0.05, 0) is 18.2 Å². The van der Waals surface area contributed by atoms with E-state index in [0.717, 1.165) is 9.86 Å². The Kier molecular flexibility index (Phi) is 3.93. The van der Waals surface area contributed by atoms with Gasteiger partial charge in [-0.1, -0.05) is 15.9 Å². The molecule has 1 heterocycles. The Labute approximate surface area is 116 Å². The largest absolute Gasteiger partial charge is 0.390 e. The molecule has 0 N–H and O–H groups in total. The first kappa shape index (κ1) is 14.0. The molecule has 0 fully saturated rings. The second kappa shape index (κ2) is 5.32. The maximum atomic E-state index is 12.2. The number of alkyl halides is 3. The van der Waals surface area contributed by atoms with Crippen molar-refractivity contribution in [3.8, 4) is 0 Å². The van der Waals surface area contributed by atoms with Crippen LogP contribution in [0.2, 0.25) is 0 Å². The zero-order valence-electron chi connectivity index (χ0n) is 10.1. The zero-order chi connectivity index (χ0) is 14.0.